The molecule has 1 aromatic carbocycles. The number of nitrogens with zero attached hydrogens (tertiary/aromatic N) is 4. The van der Waals surface area contributed by atoms with E-state index in [-0.39, 0.29) is 17.4 Å². The number of aryl methyl sites for hydroxylation is 1. The van der Waals surface area contributed by atoms with E-state index in [9.17, 15) is 9.59 Å². The molecule has 0 N–H and O–H groups in total. The van der Waals surface area contributed by atoms with Crippen molar-refractivity contribution in [1.82, 2.24) is 14.5 Å². The smallest absolute Gasteiger partial charge is 0.260 e. The van der Waals surface area contributed by atoms with Crippen molar-refractivity contribution in [1.29, 1.82) is 0 Å². The summed E-state index contributed by atoms with van der Waals surface area (Å²) >= 11 is 0. The summed E-state index contributed by atoms with van der Waals surface area (Å²) < 4.78 is 6.84. The van der Waals surface area contributed by atoms with Gasteiger partial charge in [0, 0.05) is 58.0 Å². The molecule has 0 saturated carbocycles. The summed E-state index contributed by atoms with van der Waals surface area (Å²) in [5.74, 6) is 0.396. The van der Waals surface area contributed by atoms with Crippen molar-refractivity contribution in [2.24, 2.45) is 13.0 Å². The Morgan fingerprint density at radius 2 is 1.88 bits per heavy atom. The highest BCUT2D eigenvalue weighted by molar-refractivity contribution is 5.82. The number of carbonyl (C=O) groups is 1. The molecule has 2 aromatic rings. The summed E-state index contributed by atoms with van der Waals surface area (Å²) in [6.07, 6.45) is 3.23. The topological polar surface area (TPSA) is 67.7 Å². The van der Waals surface area contributed by atoms with Gasteiger partial charge < -0.3 is 19.1 Å². The molecule has 2 saturated heterocycles. The summed E-state index contributed by atoms with van der Waals surface area (Å²) in [6.45, 7) is 4.45. The van der Waals surface area contributed by atoms with Gasteiger partial charge in [-0.15, -0.1) is 0 Å². The second kappa shape index (κ2) is 7.07. The lowest BCUT2D eigenvalue weighted by Crippen LogP contribution is -2.51. The van der Waals surface area contributed by atoms with E-state index in [0.29, 0.717) is 24.1 Å². The second-order valence-corrected chi connectivity index (χ2v) is 7.06. The summed E-state index contributed by atoms with van der Waals surface area (Å²) in [4.78, 5) is 33.4. The molecule has 138 valence electrons. The first kappa shape index (κ1) is 17.0. The van der Waals surface area contributed by atoms with Gasteiger partial charge in [0.25, 0.3) is 5.56 Å². The average Bonchev–Trinajstić information content (AvgIpc) is 2.71. The Kier molecular flexibility index (Phi) is 4.63. The van der Waals surface area contributed by atoms with Crippen LogP contribution in [0.4, 0.5) is 5.69 Å². The van der Waals surface area contributed by atoms with Crippen LogP contribution >= 0.6 is 0 Å². The fraction of sp³-hybridized carbons (Fsp3) is 0.526. The van der Waals surface area contributed by atoms with E-state index in [4.69, 9.17) is 4.74 Å². The number of ether oxygens (including phenoxy) is 1. The lowest BCUT2D eigenvalue weighted by atomic mass is 9.98. The van der Waals surface area contributed by atoms with Crippen LogP contribution in [0, 0.1) is 5.92 Å². The number of hydrogen-bond donors (Lipinski definition) is 0. The summed E-state index contributed by atoms with van der Waals surface area (Å²) in [6, 6.07) is 5.79. The Balaban J connectivity index is 1.44. The highest BCUT2D eigenvalue weighted by Gasteiger charge is 2.28. The number of fused-ring (bicyclic) bond motifs is 1. The number of hydrogen-bond acceptors (Lipinski definition) is 5. The van der Waals surface area contributed by atoms with Gasteiger partial charge in [-0.2, -0.15) is 0 Å². The van der Waals surface area contributed by atoms with Gasteiger partial charge in [-0.1, -0.05) is 0 Å². The Morgan fingerprint density at radius 1 is 1.15 bits per heavy atom. The molecule has 0 atom stereocenters. The average molecular weight is 356 g/mol. The van der Waals surface area contributed by atoms with Gasteiger partial charge in [0.05, 0.1) is 17.2 Å². The highest BCUT2D eigenvalue weighted by atomic mass is 16.5. The molecule has 26 heavy (non-hydrogen) atoms. The minimum Gasteiger partial charge on any atom is -0.381 e. The molecule has 0 aliphatic carbocycles. The summed E-state index contributed by atoms with van der Waals surface area (Å²) in [7, 11) is 1.71. The number of aromatic nitrogens is 2. The van der Waals surface area contributed by atoms with E-state index in [1.807, 2.05) is 23.1 Å². The SMILES string of the molecule is Cn1cnc2cc(N3CCN(C(=O)C4CCOCC4)CC3)ccc2c1=O. The zero-order valence-electron chi connectivity index (χ0n) is 15.1. The molecule has 2 aliphatic heterocycles. The third-order valence-corrected chi connectivity index (χ3v) is 5.43. The van der Waals surface area contributed by atoms with Crippen LogP contribution in [0.3, 0.4) is 0 Å². The molecule has 2 aliphatic rings. The van der Waals surface area contributed by atoms with Crippen LogP contribution < -0.4 is 10.5 Å². The third-order valence-electron chi connectivity index (χ3n) is 5.43. The van der Waals surface area contributed by atoms with Crippen LogP contribution in [0.15, 0.2) is 29.3 Å². The van der Waals surface area contributed by atoms with Crippen LogP contribution in [-0.2, 0) is 16.6 Å². The Bertz CT molecular complexity index is 865. The van der Waals surface area contributed by atoms with Gasteiger partial charge in [0.2, 0.25) is 5.91 Å². The van der Waals surface area contributed by atoms with Crippen molar-refractivity contribution in [2.45, 2.75) is 12.8 Å². The number of benzene rings is 1. The number of rotatable bonds is 2. The van der Waals surface area contributed by atoms with Crippen molar-refractivity contribution < 1.29 is 9.53 Å². The molecular weight excluding hydrogens is 332 g/mol. The van der Waals surface area contributed by atoms with Gasteiger partial charge in [-0.25, -0.2) is 4.98 Å². The van der Waals surface area contributed by atoms with Crippen molar-refractivity contribution in [3.05, 3.63) is 34.9 Å². The minimum absolute atomic E-state index is 0.0339. The standard InChI is InChI=1S/C19H24N4O3/c1-21-13-20-17-12-15(2-3-16(17)19(21)25)22-6-8-23(9-7-22)18(24)14-4-10-26-11-5-14/h2-3,12-14H,4-11H2,1H3. The molecule has 0 spiro atoms. The van der Waals surface area contributed by atoms with E-state index < -0.39 is 0 Å². The lowest BCUT2D eigenvalue weighted by Gasteiger charge is -2.38. The van der Waals surface area contributed by atoms with Crippen molar-refractivity contribution in [3.8, 4) is 0 Å². The molecule has 4 rings (SSSR count). The maximum Gasteiger partial charge on any atom is 0.260 e. The second-order valence-electron chi connectivity index (χ2n) is 7.06. The first-order chi connectivity index (χ1) is 12.6. The monoisotopic (exact) mass is 356 g/mol. The predicted octanol–water partition coefficient (Wildman–Crippen LogP) is 1.01. The fourth-order valence-corrected chi connectivity index (χ4v) is 3.78. The van der Waals surface area contributed by atoms with E-state index in [0.717, 1.165) is 44.7 Å². The molecule has 2 fully saturated rings. The number of piperazine rings is 1. The lowest BCUT2D eigenvalue weighted by molar-refractivity contribution is -0.138. The molecule has 7 heteroatoms. The van der Waals surface area contributed by atoms with Gasteiger partial charge in [0.15, 0.2) is 0 Å². The van der Waals surface area contributed by atoms with Crippen molar-refractivity contribution >= 4 is 22.5 Å². The molecule has 1 amide bonds. The van der Waals surface area contributed by atoms with Gasteiger partial charge in [-0.05, 0) is 31.0 Å². The quantitative estimate of drug-likeness (QED) is 0.803. The van der Waals surface area contributed by atoms with E-state index in [1.54, 1.807) is 13.4 Å². The van der Waals surface area contributed by atoms with Crippen LogP contribution in [-0.4, -0.2) is 59.8 Å². The molecule has 0 radical (unpaired) electrons. The Hall–Kier alpha value is -2.41. The van der Waals surface area contributed by atoms with Crippen LogP contribution in [0.5, 0.6) is 0 Å². The van der Waals surface area contributed by atoms with E-state index in [1.165, 1.54) is 4.57 Å². The largest absolute Gasteiger partial charge is 0.381 e. The molecule has 0 unspecified atom stereocenters. The van der Waals surface area contributed by atoms with Gasteiger partial charge >= 0.3 is 0 Å². The summed E-state index contributed by atoms with van der Waals surface area (Å²) in [5, 5.41) is 0.632. The maximum absolute atomic E-state index is 12.6. The Labute approximate surface area is 152 Å². The molecule has 7 nitrogen and oxygen atoms in total. The number of carbonyl (C=O) groups excluding carboxylic acids is 1. The minimum atomic E-state index is -0.0339. The van der Waals surface area contributed by atoms with E-state index in [2.05, 4.69) is 9.88 Å². The zero-order chi connectivity index (χ0) is 18.1. The van der Waals surface area contributed by atoms with Crippen molar-refractivity contribution in [2.75, 3.05) is 44.3 Å². The van der Waals surface area contributed by atoms with Crippen molar-refractivity contribution in [3.63, 3.8) is 0 Å². The first-order valence-electron chi connectivity index (χ1n) is 9.20. The predicted molar refractivity (Wildman–Crippen MR) is 99.3 cm³/mol. The molecule has 1 aromatic heterocycles. The normalized spacial score (nSPS) is 19.1. The summed E-state index contributed by atoms with van der Waals surface area (Å²) in [5.41, 5.74) is 1.73. The molecular formula is C19H24N4O3. The zero-order valence-corrected chi connectivity index (χ0v) is 15.1. The van der Waals surface area contributed by atoms with Gasteiger partial charge in [-0.3, -0.25) is 9.59 Å². The highest BCUT2D eigenvalue weighted by Crippen LogP contribution is 2.22. The molecule has 3 heterocycles. The van der Waals surface area contributed by atoms with Crippen LogP contribution in [0.25, 0.3) is 10.9 Å². The van der Waals surface area contributed by atoms with Crippen LogP contribution in [0.1, 0.15) is 12.8 Å². The van der Waals surface area contributed by atoms with E-state index >= 15 is 0 Å². The third kappa shape index (κ3) is 3.19. The molecule has 0 bridgehead atoms. The number of anilines is 1. The van der Waals surface area contributed by atoms with Gasteiger partial charge in [0.1, 0.15) is 0 Å². The number of amides is 1. The Morgan fingerprint density at radius 3 is 2.62 bits per heavy atom. The maximum atomic E-state index is 12.6. The van der Waals surface area contributed by atoms with Crippen LogP contribution in [0.2, 0.25) is 0 Å². The fourth-order valence-electron chi connectivity index (χ4n) is 3.78. The first-order valence-corrected chi connectivity index (χ1v) is 9.20.